The van der Waals surface area contributed by atoms with Crippen molar-refractivity contribution in [3.63, 3.8) is 0 Å². The van der Waals surface area contributed by atoms with Gasteiger partial charge in [-0.25, -0.2) is 0 Å². The number of rotatable bonds is 6. The molecule has 2 nitrogen and oxygen atoms in total. The van der Waals surface area contributed by atoms with Gasteiger partial charge in [0.2, 0.25) is 0 Å². The van der Waals surface area contributed by atoms with Crippen LogP contribution in [0.15, 0.2) is 0 Å². The second-order valence-electron chi connectivity index (χ2n) is 5.42. The molecule has 0 aromatic carbocycles. The van der Waals surface area contributed by atoms with Gasteiger partial charge in [-0.1, -0.05) is 27.2 Å². The Labute approximate surface area is 101 Å². The fourth-order valence-electron chi connectivity index (χ4n) is 3.06. The van der Waals surface area contributed by atoms with E-state index in [4.69, 9.17) is 4.74 Å². The summed E-state index contributed by atoms with van der Waals surface area (Å²) in [4.78, 5) is 0. The molecule has 1 fully saturated rings. The minimum absolute atomic E-state index is 0.0584. The van der Waals surface area contributed by atoms with Crippen LogP contribution in [0.3, 0.4) is 0 Å². The molecule has 2 heteroatoms. The number of nitrogens with one attached hydrogen (secondary N) is 1. The minimum atomic E-state index is 0.0584. The van der Waals surface area contributed by atoms with Crippen LogP contribution >= 0.6 is 0 Å². The van der Waals surface area contributed by atoms with E-state index in [0.717, 1.165) is 13.2 Å². The van der Waals surface area contributed by atoms with E-state index in [9.17, 15) is 0 Å². The fraction of sp³-hybridized carbons (Fsp3) is 1.00. The van der Waals surface area contributed by atoms with Gasteiger partial charge in [-0.3, -0.25) is 0 Å². The average Bonchev–Trinajstić information content (AvgIpc) is 2.27. The molecular weight excluding hydrogens is 198 g/mol. The summed E-state index contributed by atoms with van der Waals surface area (Å²) < 4.78 is 6.09. The fourth-order valence-corrected chi connectivity index (χ4v) is 3.06. The van der Waals surface area contributed by atoms with Crippen LogP contribution in [0.25, 0.3) is 0 Å². The summed E-state index contributed by atoms with van der Waals surface area (Å²) in [6.45, 7) is 11.1. The summed E-state index contributed by atoms with van der Waals surface area (Å²) in [7, 11) is 0. The Balaban J connectivity index is 2.65. The highest BCUT2D eigenvalue weighted by Gasteiger charge is 2.38. The van der Waals surface area contributed by atoms with Gasteiger partial charge in [-0.15, -0.1) is 0 Å². The predicted octanol–water partition coefficient (Wildman–Crippen LogP) is 3.36. The Bertz CT molecular complexity index is 187. The van der Waals surface area contributed by atoms with Crippen molar-refractivity contribution < 1.29 is 4.74 Å². The molecule has 3 atom stereocenters. The van der Waals surface area contributed by atoms with Gasteiger partial charge in [0.15, 0.2) is 0 Å². The molecule has 1 saturated heterocycles. The SMILES string of the molecule is CCCC(C)C(NCC)C1(C)CCCCO1. The lowest BCUT2D eigenvalue weighted by molar-refractivity contribution is -0.0992. The van der Waals surface area contributed by atoms with E-state index in [2.05, 4.69) is 33.0 Å². The molecule has 1 aliphatic heterocycles. The van der Waals surface area contributed by atoms with Gasteiger partial charge in [0.1, 0.15) is 0 Å². The normalized spacial score (nSPS) is 30.0. The van der Waals surface area contributed by atoms with Gasteiger partial charge in [0, 0.05) is 12.6 Å². The predicted molar refractivity (Wildman–Crippen MR) is 69.7 cm³/mol. The van der Waals surface area contributed by atoms with Crippen molar-refractivity contribution in [1.29, 1.82) is 0 Å². The minimum Gasteiger partial charge on any atom is -0.374 e. The van der Waals surface area contributed by atoms with E-state index in [1.54, 1.807) is 0 Å². The summed E-state index contributed by atoms with van der Waals surface area (Å²) in [6, 6.07) is 0.512. The second-order valence-corrected chi connectivity index (χ2v) is 5.42. The molecule has 1 N–H and O–H groups in total. The zero-order valence-electron chi connectivity index (χ0n) is 11.5. The quantitative estimate of drug-likeness (QED) is 0.751. The molecule has 0 aromatic heterocycles. The smallest absolute Gasteiger partial charge is 0.0809 e. The van der Waals surface area contributed by atoms with Crippen molar-refractivity contribution >= 4 is 0 Å². The van der Waals surface area contributed by atoms with Gasteiger partial charge in [0.25, 0.3) is 0 Å². The molecule has 1 aliphatic rings. The van der Waals surface area contributed by atoms with E-state index in [-0.39, 0.29) is 5.60 Å². The number of hydrogen-bond donors (Lipinski definition) is 1. The maximum atomic E-state index is 6.09. The lowest BCUT2D eigenvalue weighted by Gasteiger charge is -2.44. The van der Waals surface area contributed by atoms with Crippen LogP contribution in [0.2, 0.25) is 0 Å². The molecule has 0 aliphatic carbocycles. The first-order valence-electron chi connectivity index (χ1n) is 7.01. The Kier molecular flexibility index (Phi) is 5.77. The van der Waals surface area contributed by atoms with Crippen molar-refractivity contribution in [2.75, 3.05) is 13.2 Å². The van der Waals surface area contributed by atoms with E-state index < -0.39 is 0 Å². The van der Waals surface area contributed by atoms with Crippen LogP contribution in [0.4, 0.5) is 0 Å². The standard InChI is InChI=1S/C14H29NO/c1-5-9-12(3)13(15-6-2)14(4)10-7-8-11-16-14/h12-13,15H,5-11H2,1-4H3. The largest absolute Gasteiger partial charge is 0.374 e. The van der Waals surface area contributed by atoms with Crippen molar-refractivity contribution in [2.24, 2.45) is 5.92 Å². The molecule has 0 amide bonds. The molecular formula is C14H29NO. The summed E-state index contributed by atoms with van der Waals surface area (Å²) in [5, 5.41) is 3.65. The monoisotopic (exact) mass is 227 g/mol. The molecule has 0 spiro atoms. The van der Waals surface area contributed by atoms with E-state index in [1.807, 2.05) is 0 Å². The zero-order valence-corrected chi connectivity index (χ0v) is 11.5. The lowest BCUT2D eigenvalue weighted by Crippen LogP contribution is -2.55. The van der Waals surface area contributed by atoms with E-state index in [1.165, 1.54) is 32.1 Å². The maximum absolute atomic E-state index is 6.09. The number of likely N-dealkylation sites (N-methyl/N-ethyl adjacent to an activating group) is 1. The van der Waals surface area contributed by atoms with Gasteiger partial charge < -0.3 is 10.1 Å². The van der Waals surface area contributed by atoms with E-state index in [0.29, 0.717) is 12.0 Å². The van der Waals surface area contributed by atoms with Crippen LogP contribution in [0.5, 0.6) is 0 Å². The van der Waals surface area contributed by atoms with E-state index >= 15 is 0 Å². The molecule has 0 radical (unpaired) electrons. The number of ether oxygens (including phenoxy) is 1. The van der Waals surface area contributed by atoms with Crippen LogP contribution in [0, 0.1) is 5.92 Å². The highest BCUT2D eigenvalue weighted by Crippen LogP contribution is 2.32. The first-order chi connectivity index (χ1) is 7.64. The Morgan fingerprint density at radius 3 is 2.56 bits per heavy atom. The average molecular weight is 227 g/mol. The van der Waals surface area contributed by atoms with Crippen LogP contribution in [-0.2, 0) is 4.74 Å². The lowest BCUT2D eigenvalue weighted by atomic mass is 9.80. The van der Waals surface area contributed by atoms with Crippen molar-refractivity contribution in [1.82, 2.24) is 5.32 Å². The molecule has 0 bridgehead atoms. The Morgan fingerprint density at radius 1 is 1.31 bits per heavy atom. The molecule has 1 heterocycles. The molecule has 0 saturated carbocycles. The molecule has 16 heavy (non-hydrogen) atoms. The summed E-state index contributed by atoms with van der Waals surface area (Å²) in [5.41, 5.74) is 0.0584. The molecule has 96 valence electrons. The first kappa shape index (κ1) is 14.0. The van der Waals surface area contributed by atoms with Gasteiger partial charge in [0.05, 0.1) is 5.60 Å². The Hall–Kier alpha value is -0.0800. The summed E-state index contributed by atoms with van der Waals surface area (Å²) in [6.07, 6.45) is 6.31. The number of hydrogen-bond acceptors (Lipinski definition) is 2. The maximum Gasteiger partial charge on any atom is 0.0809 e. The third kappa shape index (κ3) is 3.46. The second kappa shape index (κ2) is 6.61. The van der Waals surface area contributed by atoms with Gasteiger partial charge in [-0.2, -0.15) is 0 Å². The third-order valence-corrected chi connectivity index (χ3v) is 3.89. The topological polar surface area (TPSA) is 21.3 Å². The van der Waals surface area contributed by atoms with Gasteiger partial charge >= 0.3 is 0 Å². The summed E-state index contributed by atoms with van der Waals surface area (Å²) >= 11 is 0. The highest BCUT2D eigenvalue weighted by atomic mass is 16.5. The van der Waals surface area contributed by atoms with Crippen molar-refractivity contribution in [2.45, 2.75) is 71.4 Å². The zero-order chi connectivity index (χ0) is 12.0. The van der Waals surface area contributed by atoms with Crippen LogP contribution < -0.4 is 5.32 Å². The van der Waals surface area contributed by atoms with Crippen molar-refractivity contribution in [3.8, 4) is 0 Å². The van der Waals surface area contributed by atoms with Gasteiger partial charge in [-0.05, 0) is 45.1 Å². The third-order valence-electron chi connectivity index (χ3n) is 3.89. The Morgan fingerprint density at radius 2 is 2.06 bits per heavy atom. The van der Waals surface area contributed by atoms with Crippen molar-refractivity contribution in [3.05, 3.63) is 0 Å². The molecule has 1 rings (SSSR count). The van der Waals surface area contributed by atoms with Crippen LogP contribution in [-0.4, -0.2) is 24.8 Å². The van der Waals surface area contributed by atoms with Crippen LogP contribution in [0.1, 0.15) is 59.8 Å². The first-order valence-corrected chi connectivity index (χ1v) is 7.01. The highest BCUT2D eigenvalue weighted by molar-refractivity contribution is 4.94. The summed E-state index contributed by atoms with van der Waals surface area (Å²) in [5.74, 6) is 0.702. The molecule has 3 unspecified atom stereocenters. The molecule has 0 aromatic rings.